The summed E-state index contributed by atoms with van der Waals surface area (Å²) >= 11 is 0. The van der Waals surface area contributed by atoms with Gasteiger partial charge in [0.2, 0.25) is 0 Å². The van der Waals surface area contributed by atoms with Crippen LogP contribution in [0.25, 0.3) is 0 Å². The summed E-state index contributed by atoms with van der Waals surface area (Å²) in [5.41, 5.74) is 4.61. The number of benzene rings is 2. The molecule has 0 radical (unpaired) electrons. The molecule has 0 spiro atoms. The number of β-amino-alcohol motifs (C(OH)–C–C–N with tert-alkyl or cyclic N) is 1. The molecule has 2 heterocycles. The summed E-state index contributed by atoms with van der Waals surface area (Å²) in [5.74, 6) is -0.115. The Bertz CT molecular complexity index is 854. The third-order valence-corrected chi connectivity index (χ3v) is 6.23. The summed E-state index contributed by atoms with van der Waals surface area (Å²) in [5, 5.41) is 13.4. The van der Waals surface area contributed by atoms with Crippen molar-refractivity contribution in [1.29, 1.82) is 0 Å². The van der Waals surface area contributed by atoms with E-state index in [1.54, 1.807) is 0 Å². The molecule has 1 amide bonds. The lowest BCUT2D eigenvalue weighted by Gasteiger charge is -2.30. The van der Waals surface area contributed by atoms with Crippen molar-refractivity contribution >= 4 is 5.91 Å². The van der Waals surface area contributed by atoms with Crippen LogP contribution in [-0.4, -0.2) is 60.1 Å². The third-order valence-electron chi connectivity index (χ3n) is 6.23. The molecule has 2 aliphatic heterocycles. The van der Waals surface area contributed by atoms with Crippen molar-refractivity contribution in [2.75, 3.05) is 33.2 Å². The molecule has 1 saturated heterocycles. The summed E-state index contributed by atoms with van der Waals surface area (Å²) in [7, 11) is 2.14. The average molecular weight is 394 g/mol. The Hall–Kier alpha value is -2.21. The normalized spacial score (nSPS) is 21.0. The molecule has 5 heteroatoms. The Morgan fingerprint density at radius 1 is 1.17 bits per heavy atom. The second kappa shape index (κ2) is 9.08. The highest BCUT2D eigenvalue weighted by Crippen LogP contribution is 2.30. The lowest BCUT2D eigenvalue weighted by atomic mass is 10.00. The minimum absolute atomic E-state index is 0.115. The van der Waals surface area contributed by atoms with Gasteiger partial charge >= 0.3 is 0 Å². The van der Waals surface area contributed by atoms with Crippen molar-refractivity contribution in [2.24, 2.45) is 0 Å². The maximum atomic E-state index is 12.6. The number of likely N-dealkylation sites (tertiary alicyclic amines) is 1. The molecule has 4 rings (SSSR count). The smallest absolute Gasteiger partial charge is 0.251 e. The van der Waals surface area contributed by atoms with Crippen LogP contribution in [0, 0.1) is 0 Å². The van der Waals surface area contributed by atoms with E-state index in [0.29, 0.717) is 18.2 Å². The van der Waals surface area contributed by atoms with Gasteiger partial charge < -0.3 is 10.4 Å². The third kappa shape index (κ3) is 4.86. The molecule has 2 atom stereocenters. The second-order valence-corrected chi connectivity index (χ2v) is 8.38. The van der Waals surface area contributed by atoms with Crippen LogP contribution in [0.1, 0.15) is 45.9 Å². The summed E-state index contributed by atoms with van der Waals surface area (Å²) in [6.07, 6.45) is 2.77. The predicted molar refractivity (Wildman–Crippen MR) is 115 cm³/mol. The second-order valence-electron chi connectivity index (χ2n) is 8.38. The lowest BCUT2D eigenvalue weighted by molar-refractivity contribution is 0.0841. The molecule has 2 N–H and O–H groups in total. The highest BCUT2D eigenvalue weighted by atomic mass is 16.3. The average Bonchev–Trinajstić information content (AvgIpc) is 3.18. The van der Waals surface area contributed by atoms with E-state index in [0.717, 1.165) is 32.5 Å². The number of hydrogen-bond donors (Lipinski definition) is 2. The largest absolute Gasteiger partial charge is 0.390 e. The van der Waals surface area contributed by atoms with Crippen LogP contribution >= 0.6 is 0 Å². The van der Waals surface area contributed by atoms with Gasteiger partial charge in [0.25, 0.3) is 5.91 Å². The van der Waals surface area contributed by atoms with E-state index in [1.807, 2.05) is 18.2 Å². The first-order valence-corrected chi connectivity index (χ1v) is 10.7. The molecule has 2 aliphatic rings. The van der Waals surface area contributed by atoms with E-state index in [2.05, 4.69) is 52.5 Å². The molecule has 0 saturated carbocycles. The van der Waals surface area contributed by atoms with Crippen LogP contribution in [0.5, 0.6) is 0 Å². The number of fused-ring (bicyclic) bond motifs is 1. The maximum absolute atomic E-state index is 12.6. The quantitative estimate of drug-likeness (QED) is 0.792. The fourth-order valence-corrected chi connectivity index (χ4v) is 4.60. The number of nitrogens with zero attached hydrogens (tertiary/aromatic N) is 2. The molecule has 1 fully saturated rings. The zero-order valence-corrected chi connectivity index (χ0v) is 17.2. The number of nitrogens with one attached hydrogen (secondary N) is 1. The molecule has 2 aromatic carbocycles. The fraction of sp³-hybridized carbons (Fsp3) is 0.458. The minimum atomic E-state index is -0.576. The van der Waals surface area contributed by atoms with Crippen LogP contribution in [0.3, 0.4) is 0 Å². The van der Waals surface area contributed by atoms with Gasteiger partial charge in [0.1, 0.15) is 0 Å². The van der Waals surface area contributed by atoms with Crippen LogP contribution in [0.2, 0.25) is 0 Å². The van der Waals surface area contributed by atoms with Crippen molar-refractivity contribution < 1.29 is 9.90 Å². The first-order chi connectivity index (χ1) is 14.1. The van der Waals surface area contributed by atoms with Crippen LogP contribution < -0.4 is 5.32 Å². The Morgan fingerprint density at radius 2 is 2.00 bits per heavy atom. The number of aliphatic hydroxyl groups is 1. The van der Waals surface area contributed by atoms with Crippen LogP contribution in [0.15, 0.2) is 48.5 Å². The van der Waals surface area contributed by atoms with E-state index in [4.69, 9.17) is 0 Å². The van der Waals surface area contributed by atoms with Crippen LogP contribution in [-0.2, 0) is 13.0 Å². The number of rotatable bonds is 6. The van der Waals surface area contributed by atoms with E-state index in [9.17, 15) is 9.90 Å². The molecule has 0 aromatic heterocycles. The van der Waals surface area contributed by atoms with Crippen molar-refractivity contribution in [3.8, 4) is 0 Å². The number of hydrogen-bond acceptors (Lipinski definition) is 4. The number of carbonyl (C=O) groups excluding carboxylic acids is 1. The van der Waals surface area contributed by atoms with Gasteiger partial charge in [-0.1, -0.05) is 36.4 Å². The number of carbonyl (C=O) groups is 1. The molecule has 5 nitrogen and oxygen atoms in total. The Morgan fingerprint density at radius 3 is 2.79 bits per heavy atom. The maximum Gasteiger partial charge on any atom is 0.251 e. The van der Waals surface area contributed by atoms with E-state index < -0.39 is 6.10 Å². The molecule has 0 bridgehead atoms. The number of amides is 1. The van der Waals surface area contributed by atoms with Gasteiger partial charge in [0.15, 0.2) is 0 Å². The van der Waals surface area contributed by atoms with E-state index >= 15 is 0 Å². The van der Waals surface area contributed by atoms with E-state index in [1.165, 1.54) is 23.1 Å². The zero-order chi connectivity index (χ0) is 20.2. The minimum Gasteiger partial charge on any atom is -0.390 e. The van der Waals surface area contributed by atoms with Gasteiger partial charge in [-0.2, -0.15) is 0 Å². The molecule has 0 aliphatic carbocycles. The van der Waals surface area contributed by atoms with Gasteiger partial charge in [0.05, 0.1) is 6.10 Å². The Balaban J connectivity index is 1.28. The monoisotopic (exact) mass is 393 g/mol. The molecular formula is C24H31N3O2. The molecule has 154 valence electrons. The summed E-state index contributed by atoms with van der Waals surface area (Å²) in [4.78, 5) is 17.2. The molecule has 2 unspecified atom stereocenters. The van der Waals surface area contributed by atoms with E-state index in [-0.39, 0.29) is 12.5 Å². The predicted octanol–water partition coefficient (Wildman–Crippen LogP) is 2.60. The lowest BCUT2D eigenvalue weighted by Crippen LogP contribution is -2.42. The van der Waals surface area contributed by atoms with Crippen molar-refractivity contribution in [2.45, 2.75) is 38.0 Å². The van der Waals surface area contributed by atoms with Gasteiger partial charge in [-0.25, -0.2) is 0 Å². The fourth-order valence-electron chi connectivity index (χ4n) is 4.60. The van der Waals surface area contributed by atoms with Gasteiger partial charge in [-0.15, -0.1) is 0 Å². The van der Waals surface area contributed by atoms with Crippen molar-refractivity contribution in [3.05, 3.63) is 70.8 Å². The van der Waals surface area contributed by atoms with Gasteiger partial charge in [-0.3, -0.25) is 14.6 Å². The summed E-state index contributed by atoms with van der Waals surface area (Å²) in [6, 6.07) is 16.8. The highest BCUT2D eigenvalue weighted by molar-refractivity contribution is 5.94. The first-order valence-electron chi connectivity index (χ1n) is 10.7. The van der Waals surface area contributed by atoms with Crippen molar-refractivity contribution in [3.63, 3.8) is 0 Å². The first kappa shape index (κ1) is 20.1. The molecule has 29 heavy (non-hydrogen) atoms. The Kier molecular flexibility index (Phi) is 6.28. The SMILES string of the molecule is CN1CCCC1c1cccc(C(=O)NCC(O)CN2CCc3ccccc3C2)c1. The van der Waals surface area contributed by atoms with Crippen molar-refractivity contribution in [1.82, 2.24) is 15.1 Å². The van der Waals surface area contributed by atoms with Crippen LogP contribution in [0.4, 0.5) is 0 Å². The van der Waals surface area contributed by atoms with Gasteiger partial charge in [-0.05, 0) is 61.7 Å². The topological polar surface area (TPSA) is 55.8 Å². The molecule has 2 aromatic rings. The number of aliphatic hydroxyl groups excluding tert-OH is 1. The molecular weight excluding hydrogens is 362 g/mol. The highest BCUT2D eigenvalue weighted by Gasteiger charge is 2.23. The Labute approximate surface area is 173 Å². The van der Waals surface area contributed by atoms with Gasteiger partial charge in [0, 0.05) is 37.8 Å². The standard InChI is InChI=1S/C24H31N3O2/c1-26-12-5-10-23(26)19-8-4-9-20(14-19)24(29)25-15-22(28)17-27-13-11-18-6-2-3-7-21(18)16-27/h2-4,6-9,14,22-23,28H,5,10-13,15-17H2,1H3,(H,25,29). The summed E-state index contributed by atoms with van der Waals surface area (Å²) in [6.45, 7) is 3.75. The zero-order valence-electron chi connectivity index (χ0n) is 17.2. The summed E-state index contributed by atoms with van der Waals surface area (Å²) < 4.78 is 0.